The molecule has 0 radical (unpaired) electrons. The summed E-state index contributed by atoms with van der Waals surface area (Å²) in [6.07, 6.45) is 2.73. The number of aliphatic imine (C=N–C) groups is 1. The Kier molecular flexibility index (Phi) is 7.58. The number of nitrogens with zero attached hydrogens (tertiary/aromatic N) is 2. The van der Waals surface area contributed by atoms with Crippen molar-refractivity contribution in [1.82, 2.24) is 0 Å². The smallest absolute Gasteiger partial charge is 0.271 e. The zero-order chi connectivity index (χ0) is 21.7. The normalized spacial score (nSPS) is 16.7. The van der Waals surface area contributed by atoms with Crippen molar-refractivity contribution in [3.8, 4) is 5.75 Å². The van der Waals surface area contributed by atoms with Gasteiger partial charge in [-0.2, -0.15) is 0 Å². The Hall–Kier alpha value is -2.28. The Morgan fingerprint density at radius 1 is 1.27 bits per heavy atom. The highest BCUT2D eigenvalue weighted by Crippen LogP contribution is 2.38. The molecule has 1 saturated heterocycles. The van der Waals surface area contributed by atoms with Gasteiger partial charge in [0, 0.05) is 6.54 Å². The van der Waals surface area contributed by atoms with Gasteiger partial charge in [-0.3, -0.25) is 14.7 Å². The average molecular weight is 445 g/mol. The van der Waals surface area contributed by atoms with Crippen molar-refractivity contribution < 1.29 is 14.6 Å². The molecular weight excluding hydrogens is 420 g/mol. The molecule has 1 heterocycles. The number of halogens is 1. The van der Waals surface area contributed by atoms with Crippen LogP contribution in [0.1, 0.15) is 30.0 Å². The van der Waals surface area contributed by atoms with Gasteiger partial charge < -0.3 is 9.84 Å². The molecule has 0 spiro atoms. The third-order valence-corrected chi connectivity index (χ3v) is 6.00. The van der Waals surface area contributed by atoms with E-state index in [2.05, 4.69) is 11.9 Å². The highest BCUT2D eigenvalue weighted by atomic mass is 35.5. The molecule has 5 nitrogen and oxygen atoms in total. The van der Waals surface area contributed by atoms with E-state index in [9.17, 15) is 4.79 Å². The molecule has 1 fully saturated rings. The Morgan fingerprint density at radius 2 is 2.07 bits per heavy atom. The second kappa shape index (κ2) is 10.2. The van der Waals surface area contributed by atoms with Crippen molar-refractivity contribution in [3.63, 3.8) is 0 Å². The van der Waals surface area contributed by atoms with Gasteiger partial charge in [-0.1, -0.05) is 36.7 Å². The minimum atomic E-state index is -0.0970. The van der Waals surface area contributed by atoms with Gasteiger partial charge in [0.05, 0.1) is 22.2 Å². The van der Waals surface area contributed by atoms with Crippen molar-refractivity contribution in [3.05, 3.63) is 63.0 Å². The summed E-state index contributed by atoms with van der Waals surface area (Å²) >= 11 is 7.66. The number of rotatable bonds is 7. The molecule has 0 atom stereocenters. The SMILES string of the molecule is CCCN=C1S/C(=C\c2ccc(OCCO)c(Cl)c2)C(=O)N1c1cccc(C)c1C. The van der Waals surface area contributed by atoms with Gasteiger partial charge in [-0.15, -0.1) is 0 Å². The van der Waals surface area contributed by atoms with Crippen molar-refractivity contribution in [2.45, 2.75) is 27.2 Å². The Bertz CT molecular complexity index is 1000. The van der Waals surface area contributed by atoms with E-state index in [0.717, 1.165) is 28.8 Å². The Labute approximate surface area is 186 Å². The molecule has 1 aliphatic heterocycles. The molecule has 1 amide bonds. The lowest BCUT2D eigenvalue weighted by molar-refractivity contribution is -0.113. The fourth-order valence-corrected chi connectivity index (χ4v) is 4.25. The van der Waals surface area contributed by atoms with Crippen LogP contribution < -0.4 is 9.64 Å². The lowest BCUT2D eigenvalue weighted by atomic mass is 10.1. The summed E-state index contributed by atoms with van der Waals surface area (Å²) in [5, 5.41) is 10.0. The van der Waals surface area contributed by atoms with Crippen LogP contribution in [0.3, 0.4) is 0 Å². The maximum Gasteiger partial charge on any atom is 0.271 e. The predicted octanol–water partition coefficient (Wildman–Crippen LogP) is 5.21. The summed E-state index contributed by atoms with van der Waals surface area (Å²) in [4.78, 5) is 20.3. The van der Waals surface area contributed by atoms with Crippen molar-refractivity contribution in [2.75, 3.05) is 24.7 Å². The number of thioether (sulfide) groups is 1. The molecule has 0 aliphatic carbocycles. The first-order chi connectivity index (χ1) is 14.5. The van der Waals surface area contributed by atoms with Crippen molar-refractivity contribution in [2.24, 2.45) is 4.99 Å². The summed E-state index contributed by atoms with van der Waals surface area (Å²) in [5.41, 5.74) is 3.84. The second-order valence-electron chi connectivity index (χ2n) is 6.90. The minimum absolute atomic E-state index is 0.0820. The number of benzene rings is 2. The number of amides is 1. The molecule has 2 aromatic carbocycles. The molecule has 0 unspecified atom stereocenters. The first kappa shape index (κ1) is 22.4. The van der Waals surface area contributed by atoms with E-state index in [1.807, 2.05) is 44.2 Å². The first-order valence-electron chi connectivity index (χ1n) is 9.84. The molecule has 158 valence electrons. The van der Waals surface area contributed by atoms with Gasteiger partial charge in [0.1, 0.15) is 12.4 Å². The molecule has 1 N–H and O–H groups in total. The van der Waals surface area contributed by atoms with Gasteiger partial charge in [-0.25, -0.2) is 0 Å². The molecule has 0 saturated carbocycles. The number of carbonyl (C=O) groups excluding carboxylic acids is 1. The molecular formula is C23H25ClN2O3S. The number of carbonyl (C=O) groups is 1. The molecule has 0 aromatic heterocycles. The number of aliphatic hydroxyl groups excluding tert-OH is 1. The number of aliphatic hydroxyl groups is 1. The highest BCUT2D eigenvalue weighted by Gasteiger charge is 2.35. The summed E-state index contributed by atoms with van der Waals surface area (Å²) in [6, 6.07) is 11.3. The molecule has 3 rings (SSSR count). The van der Waals surface area contributed by atoms with Gasteiger partial charge >= 0.3 is 0 Å². The summed E-state index contributed by atoms with van der Waals surface area (Å²) in [6.45, 7) is 6.87. The number of hydrogen-bond acceptors (Lipinski definition) is 5. The average Bonchev–Trinajstić information content (AvgIpc) is 3.03. The Morgan fingerprint density at radius 3 is 2.77 bits per heavy atom. The van der Waals surface area contributed by atoms with E-state index in [1.165, 1.54) is 11.8 Å². The van der Waals surface area contributed by atoms with E-state index < -0.39 is 0 Å². The molecule has 7 heteroatoms. The van der Waals surface area contributed by atoms with Gasteiger partial charge in [0.15, 0.2) is 5.17 Å². The van der Waals surface area contributed by atoms with Crippen LogP contribution in [0.5, 0.6) is 5.75 Å². The molecule has 0 bridgehead atoms. The second-order valence-corrected chi connectivity index (χ2v) is 8.31. The Balaban J connectivity index is 1.96. The lowest BCUT2D eigenvalue weighted by Crippen LogP contribution is -2.29. The predicted molar refractivity (Wildman–Crippen MR) is 126 cm³/mol. The summed E-state index contributed by atoms with van der Waals surface area (Å²) in [5.74, 6) is 0.403. The third-order valence-electron chi connectivity index (χ3n) is 4.70. The van der Waals surface area contributed by atoms with E-state index >= 15 is 0 Å². The van der Waals surface area contributed by atoms with Crippen molar-refractivity contribution in [1.29, 1.82) is 0 Å². The topological polar surface area (TPSA) is 62.1 Å². The molecule has 30 heavy (non-hydrogen) atoms. The standard InChI is InChI=1S/C23H25ClN2O3S/c1-4-10-25-23-26(19-7-5-6-15(2)16(19)3)22(28)21(30-23)14-17-8-9-20(18(24)13-17)29-12-11-27/h5-9,13-14,27H,4,10-12H2,1-3H3/b21-14-,25-23?. The van der Waals surface area contributed by atoms with Gasteiger partial charge in [0.25, 0.3) is 5.91 Å². The minimum Gasteiger partial charge on any atom is -0.490 e. The summed E-state index contributed by atoms with van der Waals surface area (Å²) < 4.78 is 5.39. The maximum atomic E-state index is 13.3. The van der Waals surface area contributed by atoms with Crippen LogP contribution in [0.25, 0.3) is 6.08 Å². The maximum absolute atomic E-state index is 13.3. The quantitative estimate of drug-likeness (QED) is 0.595. The fourth-order valence-electron chi connectivity index (χ4n) is 3.01. The van der Waals surface area contributed by atoms with Crippen LogP contribution in [0, 0.1) is 13.8 Å². The number of anilines is 1. The van der Waals surface area contributed by atoms with Crippen LogP contribution in [-0.4, -0.2) is 35.9 Å². The number of amidine groups is 1. The monoisotopic (exact) mass is 444 g/mol. The first-order valence-corrected chi connectivity index (χ1v) is 11.0. The zero-order valence-corrected chi connectivity index (χ0v) is 18.9. The van der Waals surface area contributed by atoms with Crippen molar-refractivity contribution >= 4 is 46.2 Å². The van der Waals surface area contributed by atoms with Gasteiger partial charge in [-0.05, 0) is 73.0 Å². The molecule has 2 aromatic rings. The van der Waals surface area contributed by atoms with Crippen LogP contribution in [0.4, 0.5) is 5.69 Å². The highest BCUT2D eigenvalue weighted by molar-refractivity contribution is 8.19. The van der Waals surface area contributed by atoms with Crippen LogP contribution in [0.2, 0.25) is 5.02 Å². The number of hydrogen-bond donors (Lipinski definition) is 1. The van der Waals surface area contributed by atoms with Crippen LogP contribution in [0.15, 0.2) is 46.3 Å². The fraction of sp³-hybridized carbons (Fsp3) is 0.304. The largest absolute Gasteiger partial charge is 0.490 e. The van der Waals surface area contributed by atoms with E-state index in [4.69, 9.17) is 21.4 Å². The van der Waals surface area contributed by atoms with E-state index in [1.54, 1.807) is 17.0 Å². The van der Waals surface area contributed by atoms with Gasteiger partial charge in [0.2, 0.25) is 0 Å². The third kappa shape index (κ3) is 4.89. The number of aryl methyl sites for hydroxylation is 1. The zero-order valence-electron chi connectivity index (χ0n) is 17.3. The summed E-state index contributed by atoms with van der Waals surface area (Å²) in [7, 11) is 0. The lowest BCUT2D eigenvalue weighted by Gasteiger charge is -2.19. The van der Waals surface area contributed by atoms with Crippen LogP contribution >= 0.6 is 23.4 Å². The number of ether oxygens (including phenoxy) is 1. The van der Waals surface area contributed by atoms with E-state index in [0.29, 0.717) is 27.4 Å². The van der Waals surface area contributed by atoms with E-state index in [-0.39, 0.29) is 19.1 Å². The van der Waals surface area contributed by atoms with Crippen LogP contribution in [-0.2, 0) is 4.79 Å². The molecule has 1 aliphatic rings.